The molecule has 2 aromatic heterocycles. The van der Waals surface area contributed by atoms with Gasteiger partial charge in [0.2, 0.25) is 0 Å². The van der Waals surface area contributed by atoms with E-state index in [0.29, 0.717) is 5.92 Å². The van der Waals surface area contributed by atoms with Crippen LogP contribution in [0.25, 0.3) is 0 Å². The zero-order valence-electron chi connectivity index (χ0n) is 10.8. The largest absolute Gasteiger partial charge is 0.260 e. The van der Waals surface area contributed by atoms with Crippen molar-refractivity contribution >= 4 is 0 Å². The van der Waals surface area contributed by atoms with Crippen LogP contribution in [0, 0.1) is 0 Å². The molecule has 0 spiro atoms. The van der Waals surface area contributed by atoms with E-state index in [9.17, 15) is 0 Å². The molecule has 0 N–H and O–H groups in total. The highest BCUT2D eigenvalue weighted by Gasteiger charge is 2.42. The van der Waals surface area contributed by atoms with E-state index in [2.05, 4.69) is 46.4 Å². The van der Waals surface area contributed by atoms with Crippen molar-refractivity contribution < 1.29 is 0 Å². The molecule has 2 heterocycles. The molecular formula is C18H12N2. The summed E-state index contributed by atoms with van der Waals surface area (Å²) in [6.45, 7) is 0. The van der Waals surface area contributed by atoms with Gasteiger partial charge in [-0.05, 0) is 34.4 Å². The third kappa shape index (κ3) is 1.10. The third-order valence-corrected chi connectivity index (χ3v) is 4.53. The summed E-state index contributed by atoms with van der Waals surface area (Å²) >= 11 is 0. The molecule has 2 bridgehead atoms. The van der Waals surface area contributed by atoms with Gasteiger partial charge < -0.3 is 0 Å². The van der Waals surface area contributed by atoms with Crippen LogP contribution in [-0.4, -0.2) is 9.97 Å². The zero-order valence-corrected chi connectivity index (χ0v) is 10.8. The molecule has 0 radical (unpaired) electrons. The van der Waals surface area contributed by atoms with Crippen LogP contribution in [0.3, 0.4) is 0 Å². The van der Waals surface area contributed by atoms with Crippen LogP contribution in [0.4, 0.5) is 0 Å². The number of hydrogen-bond donors (Lipinski definition) is 0. The summed E-state index contributed by atoms with van der Waals surface area (Å²) in [4.78, 5) is 9.32. The average molecular weight is 256 g/mol. The second-order valence-electron chi connectivity index (χ2n) is 5.45. The first-order valence-corrected chi connectivity index (χ1v) is 6.93. The summed E-state index contributed by atoms with van der Waals surface area (Å²) in [6, 6.07) is 17.2. The van der Waals surface area contributed by atoms with Crippen LogP contribution in [0.15, 0.2) is 60.9 Å². The molecule has 1 aromatic carbocycles. The predicted molar refractivity (Wildman–Crippen MR) is 76.8 cm³/mol. The number of rotatable bonds is 0. The van der Waals surface area contributed by atoms with E-state index in [-0.39, 0.29) is 5.92 Å². The molecule has 0 saturated carbocycles. The Labute approximate surface area is 117 Å². The van der Waals surface area contributed by atoms with Crippen molar-refractivity contribution in [3.63, 3.8) is 0 Å². The standard InChI is InChI=1S/C18H12N2/c1-2-6-12-11(5-1)15-13-7-3-9-19-17(13)16(12)18-14(15)8-4-10-20-18/h1-10,15-16H. The number of hydrogen-bond acceptors (Lipinski definition) is 2. The highest BCUT2D eigenvalue weighted by Crippen LogP contribution is 2.53. The lowest BCUT2D eigenvalue weighted by molar-refractivity contribution is 0.703. The van der Waals surface area contributed by atoms with Gasteiger partial charge in [-0.3, -0.25) is 9.97 Å². The van der Waals surface area contributed by atoms with Gasteiger partial charge in [-0.25, -0.2) is 0 Å². The maximum Gasteiger partial charge on any atom is 0.0695 e. The molecule has 0 unspecified atom stereocenters. The first kappa shape index (κ1) is 10.3. The fourth-order valence-electron chi connectivity index (χ4n) is 3.79. The maximum atomic E-state index is 4.66. The first-order valence-electron chi connectivity index (χ1n) is 6.93. The van der Waals surface area contributed by atoms with Gasteiger partial charge in [0, 0.05) is 18.3 Å². The molecule has 20 heavy (non-hydrogen) atoms. The molecule has 3 aliphatic rings. The van der Waals surface area contributed by atoms with Crippen molar-refractivity contribution in [2.24, 2.45) is 0 Å². The lowest BCUT2D eigenvalue weighted by Gasteiger charge is -2.40. The zero-order chi connectivity index (χ0) is 13.1. The van der Waals surface area contributed by atoms with Gasteiger partial charge in [0.1, 0.15) is 0 Å². The summed E-state index contributed by atoms with van der Waals surface area (Å²) in [5, 5.41) is 0. The average Bonchev–Trinajstić information content (AvgIpc) is 2.54. The van der Waals surface area contributed by atoms with Gasteiger partial charge in [0.15, 0.2) is 0 Å². The Bertz CT molecular complexity index is 656. The van der Waals surface area contributed by atoms with E-state index in [1.807, 2.05) is 24.5 Å². The summed E-state index contributed by atoms with van der Waals surface area (Å²) < 4.78 is 0. The van der Waals surface area contributed by atoms with E-state index >= 15 is 0 Å². The SMILES string of the molecule is c1ccc2c(c1)C1c3cccnc3C2c2ncccc21. The lowest BCUT2D eigenvalue weighted by atomic mass is 9.64. The van der Waals surface area contributed by atoms with E-state index < -0.39 is 0 Å². The lowest BCUT2D eigenvalue weighted by Crippen LogP contribution is -2.29. The summed E-state index contributed by atoms with van der Waals surface area (Å²) in [5.41, 5.74) is 7.84. The monoisotopic (exact) mass is 256 g/mol. The Morgan fingerprint density at radius 1 is 0.550 bits per heavy atom. The molecular weight excluding hydrogens is 244 g/mol. The van der Waals surface area contributed by atoms with Crippen LogP contribution in [-0.2, 0) is 0 Å². The Morgan fingerprint density at radius 2 is 1.05 bits per heavy atom. The molecule has 2 nitrogen and oxygen atoms in total. The fraction of sp³-hybridized carbons (Fsp3) is 0.111. The third-order valence-electron chi connectivity index (χ3n) is 4.53. The molecule has 0 fully saturated rings. The minimum absolute atomic E-state index is 0.198. The van der Waals surface area contributed by atoms with Crippen molar-refractivity contribution in [1.29, 1.82) is 0 Å². The van der Waals surface area contributed by atoms with Gasteiger partial charge in [0.25, 0.3) is 0 Å². The minimum atomic E-state index is 0.198. The molecule has 0 atom stereocenters. The van der Waals surface area contributed by atoms with Crippen LogP contribution in [0.1, 0.15) is 45.5 Å². The number of benzene rings is 1. The Hall–Kier alpha value is -2.48. The van der Waals surface area contributed by atoms with Crippen molar-refractivity contribution in [3.8, 4) is 0 Å². The van der Waals surface area contributed by atoms with E-state index in [4.69, 9.17) is 0 Å². The fourth-order valence-corrected chi connectivity index (χ4v) is 3.79. The van der Waals surface area contributed by atoms with Crippen LogP contribution in [0.5, 0.6) is 0 Å². The van der Waals surface area contributed by atoms with E-state index in [0.717, 1.165) is 0 Å². The summed E-state index contributed by atoms with van der Waals surface area (Å²) in [6.07, 6.45) is 3.79. The quantitative estimate of drug-likeness (QED) is 0.424. The topological polar surface area (TPSA) is 25.8 Å². The van der Waals surface area contributed by atoms with Gasteiger partial charge >= 0.3 is 0 Å². The molecule has 2 heteroatoms. The molecule has 3 aliphatic carbocycles. The van der Waals surface area contributed by atoms with Crippen LogP contribution < -0.4 is 0 Å². The van der Waals surface area contributed by atoms with Crippen molar-refractivity contribution in [3.05, 3.63) is 94.6 Å². The highest BCUT2D eigenvalue weighted by atomic mass is 14.8. The van der Waals surface area contributed by atoms with Gasteiger partial charge in [0.05, 0.1) is 17.3 Å². The van der Waals surface area contributed by atoms with Crippen molar-refractivity contribution in [2.45, 2.75) is 11.8 Å². The molecule has 3 aromatic rings. The maximum absolute atomic E-state index is 4.66. The van der Waals surface area contributed by atoms with Crippen molar-refractivity contribution in [1.82, 2.24) is 9.97 Å². The second kappa shape index (κ2) is 3.54. The molecule has 6 rings (SSSR count). The predicted octanol–water partition coefficient (Wildman–Crippen LogP) is 3.46. The smallest absolute Gasteiger partial charge is 0.0695 e. The van der Waals surface area contributed by atoms with Crippen LogP contribution >= 0.6 is 0 Å². The Kier molecular flexibility index (Phi) is 1.83. The normalized spacial score (nSPS) is 21.0. The molecule has 0 aliphatic heterocycles. The van der Waals surface area contributed by atoms with E-state index in [1.54, 1.807) is 0 Å². The highest BCUT2D eigenvalue weighted by molar-refractivity contribution is 5.64. The number of nitrogens with zero attached hydrogens (tertiary/aromatic N) is 2. The Morgan fingerprint density at radius 3 is 1.65 bits per heavy atom. The molecule has 0 amide bonds. The molecule has 94 valence electrons. The van der Waals surface area contributed by atoms with Gasteiger partial charge in [-0.15, -0.1) is 0 Å². The number of pyridine rings is 2. The van der Waals surface area contributed by atoms with E-state index in [1.165, 1.54) is 33.6 Å². The molecule has 0 saturated heterocycles. The summed E-state index contributed by atoms with van der Waals surface area (Å²) in [7, 11) is 0. The second-order valence-corrected chi connectivity index (χ2v) is 5.45. The number of aromatic nitrogens is 2. The minimum Gasteiger partial charge on any atom is -0.260 e. The first-order chi connectivity index (χ1) is 9.95. The van der Waals surface area contributed by atoms with Gasteiger partial charge in [-0.1, -0.05) is 36.4 Å². The van der Waals surface area contributed by atoms with Crippen LogP contribution in [0.2, 0.25) is 0 Å². The van der Waals surface area contributed by atoms with Gasteiger partial charge in [-0.2, -0.15) is 0 Å². The Balaban J connectivity index is 1.93. The van der Waals surface area contributed by atoms with Crippen molar-refractivity contribution in [2.75, 3.05) is 0 Å². The summed E-state index contributed by atoms with van der Waals surface area (Å²) in [5.74, 6) is 0.493.